The summed E-state index contributed by atoms with van der Waals surface area (Å²) in [6, 6.07) is 8.04. The standard InChI is InChI=1S/C14H10BrClF3NO/c15-11-5-10(16)6-12(20)13(11)21-7-8-2-1-3-9(4-8)14(17,18)19/h1-6H,7,20H2. The third-order valence-electron chi connectivity index (χ3n) is 2.67. The van der Waals surface area contributed by atoms with Crippen LogP contribution in [-0.4, -0.2) is 0 Å². The highest BCUT2D eigenvalue weighted by molar-refractivity contribution is 9.10. The van der Waals surface area contributed by atoms with E-state index in [1.165, 1.54) is 12.1 Å². The van der Waals surface area contributed by atoms with Gasteiger partial charge in [0.05, 0.1) is 15.7 Å². The summed E-state index contributed by atoms with van der Waals surface area (Å²) in [6.07, 6.45) is -4.38. The van der Waals surface area contributed by atoms with Gasteiger partial charge in [0.2, 0.25) is 0 Å². The van der Waals surface area contributed by atoms with Gasteiger partial charge >= 0.3 is 6.18 Å². The van der Waals surface area contributed by atoms with Crippen LogP contribution in [-0.2, 0) is 12.8 Å². The molecule has 2 nitrogen and oxygen atoms in total. The minimum atomic E-state index is -4.38. The molecule has 2 rings (SSSR count). The molecular formula is C14H10BrClF3NO. The molecule has 0 aliphatic rings. The fraction of sp³-hybridized carbons (Fsp3) is 0.143. The molecule has 0 spiro atoms. The van der Waals surface area contributed by atoms with Gasteiger partial charge in [0.25, 0.3) is 0 Å². The number of ether oxygens (including phenoxy) is 1. The van der Waals surface area contributed by atoms with Crippen LogP contribution in [0.25, 0.3) is 0 Å². The van der Waals surface area contributed by atoms with Crippen molar-refractivity contribution in [3.63, 3.8) is 0 Å². The monoisotopic (exact) mass is 379 g/mol. The van der Waals surface area contributed by atoms with E-state index in [0.29, 0.717) is 26.5 Å². The molecule has 0 radical (unpaired) electrons. The largest absolute Gasteiger partial charge is 0.486 e. The van der Waals surface area contributed by atoms with Crippen molar-refractivity contribution in [2.75, 3.05) is 5.73 Å². The molecule has 0 aromatic heterocycles. The summed E-state index contributed by atoms with van der Waals surface area (Å²) in [4.78, 5) is 0. The Kier molecular flexibility index (Phi) is 4.68. The molecular weight excluding hydrogens is 371 g/mol. The van der Waals surface area contributed by atoms with Gasteiger partial charge in [-0.05, 0) is 45.8 Å². The van der Waals surface area contributed by atoms with Gasteiger partial charge in [-0.3, -0.25) is 0 Å². The zero-order valence-electron chi connectivity index (χ0n) is 10.5. The van der Waals surface area contributed by atoms with Crippen molar-refractivity contribution in [1.82, 2.24) is 0 Å². The Bertz CT molecular complexity index is 638. The Balaban J connectivity index is 2.18. The van der Waals surface area contributed by atoms with E-state index < -0.39 is 11.7 Å². The molecule has 0 saturated carbocycles. The van der Waals surface area contributed by atoms with Crippen molar-refractivity contribution in [3.8, 4) is 5.75 Å². The Morgan fingerprint density at radius 1 is 1.19 bits per heavy atom. The summed E-state index contributed by atoms with van der Waals surface area (Å²) in [7, 11) is 0. The van der Waals surface area contributed by atoms with Crippen molar-refractivity contribution >= 4 is 33.2 Å². The topological polar surface area (TPSA) is 35.2 Å². The number of benzene rings is 2. The highest BCUT2D eigenvalue weighted by Crippen LogP contribution is 2.35. The molecule has 0 saturated heterocycles. The third-order valence-corrected chi connectivity index (χ3v) is 3.48. The highest BCUT2D eigenvalue weighted by Gasteiger charge is 2.30. The van der Waals surface area contributed by atoms with Crippen molar-refractivity contribution in [1.29, 1.82) is 0 Å². The molecule has 2 aromatic carbocycles. The van der Waals surface area contributed by atoms with Crippen molar-refractivity contribution in [2.24, 2.45) is 0 Å². The van der Waals surface area contributed by atoms with Gasteiger partial charge in [-0.15, -0.1) is 0 Å². The van der Waals surface area contributed by atoms with E-state index in [-0.39, 0.29) is 6.61 Å². The van der Waals surface area contributed by atoms with Gasteiger partial charge in [-0.1, -0.05) is 23.7 Å². The molecule has 0 aliphatic carbocycles. The van der Waals surface area contributed by atoms with Gasteiger partial charge < -0.3 is 10.5 Å². The number of nitrogen functional groups attached to an aromatic ring is 1. The predicted molar refractivity (Wildman–Crippen MR) is 79.3 cm³/mol. The van der Waals surface area contributed by atoms with Crippen molar-refractivity contribution in [2.45, 2.75) is 12.8 Å². The van der Waals surface area contributed by atoms with E-state index >= 15 is 0 Å². The molecule has 7 heteroatoms. The number of hydrogen-bond acceptors (Lipinski definition) is 2. The van der Waals surface area contributed by atoms with Gasteiger partial charge in [-0.2, -0.15) is 13.2 Å². The lowest BCUT2D eigenvalue weighted by atomic mass is 10.1. The molecule has 0 aliphatic heterocycles. The normalized spacial score (nSPS) is 11.5. The third kappa shape index (κ3) is 4.04. The summed E-state index contributed by atoms with van der Waals surface area (Å²) in [5, 5.41) is 0.436. The van der Waals surface area contributed by atoms with Crippen LogP contribution in [0.4, 0.5) is 18.9 Å². The van der Waals surface area contributed by atoms with Crippen LogP contribution in [0.3, 0.4) is 0 Å². The van der Waals surface area contributed by atoms with E-state index in [4.69, 9.17) is 22.1 Å². The summed E-state index contributed by atoms with van der Waals surface area (Å²) in [6.45, 7) is -0.0334. The van der Waals surface area contributed by atoms with E-state index in [1.54, 1.807) is 12.1 Å². The molecule has 0 amide bonds. The molecule has 2 N–H and O–H groups in total. The van der Waals surface area contributed by atoms with Crippen LogP contribution in [0.2, 0.25) is 5.02 Å². The summed E-state index contributed by atoms with van der Waals surface area (Å²) >= 11 is 9.07. The Hall–Kier alpha value is -1.40. The Morgan fingerprint density at radius 3 is 2.52 bits per heavy atom. The molecule has 2 aromatic rings. The van der Waals surface area contributed by atoms with Crippen LogP contribution in [0, 0.1) is 0 Å². The van der Waals surface area contributed by atoms with E-state index in [1.807, 2.05) is 0 Å². The number of nitrogens with two attached hydrogens (primary N) is 1. The zero-order chi connectivity index (χ0) is 15.6. The molecule has 112 valence electrons. The first-order chi connectivity index (χ1) is 9.77. The number of alkyl halides is 3. The molecule has 0 fully saturated rings. The molecule has 0 bridgehead atoms. The van der Waals surface area contributed by atoms with E-state index in [2.05, 4.69) is 15.9 Å². The number of rotatable bonds is 3. The maximum absolute atomic E-state index is 12.6. The van der Waals surface area contributed by atoms with Crippen molar-refractivity contribution in [3.05, 3.63) is 57.0 Å². The molecule has 0 heterocycles. The van der Waals surface area contributed by atoms with Gasteiger partial charge in [0.1, 0.15) is 6.61 Å². The fourth-order valence-electron chi connectivity index (χ4n) is 1.73. The molecule has 0 atom stereocenters. The molecule has 21 heavy (non-hydrogen) atoms. The first-order valence-corrected chi connectivity index (χ1v) is 6.98. The quantitative estimate of drug-likeness (QED) is 0.735. The molecule has 0 unspecified atom stereocenters. The lowest BCUT2D eigenvalue weighted by Gasteiger charge is -2.13. The first-order valence-electron chi connectivity index (χ1n) is 5.81. The SMILES string of the molecule is Nc1cc(Cl)cc(Br)c1OCc1cccc(C(F)(F)F)c1. The second kappa shape index (κ2) is 6.15. The zero-order valence-corrected chi connectivity index (χ0v) is 12.9. The van der Waals surface area contributed by atoms with Crippen LogP contribution >= 0.6 is 27.5 Å². The second-order valence-electron chi connectivity index (χ2n) is 4.29. The van der Waals surface area contributed by atoms with Gasteiger partial charge in [0.15, 0.2) is 5.75 Å². The Labute approximate surface area is 132 Å². The Morgan fingerprint density at radius 2 is 1.90 bits per heavy atom. The predicted octanol–water partition coefficient (Wildman–Crippen LogP) is 5.28. The average molecular weight is 381 g/mol. The van der Waals surface area contributed by atoms with Gasteiger partial charge in [0, 0.05) is 5.02 Å². The maximum Gasteiger partial charge on any atom is 0.416 e. The average Bonchev–Trinajstić information content (AvgIpc) is 2.36. The van der Waals surface area contributed by atoms with Crippen LogP contribution in [0.1, 0.15) is 11.1 Å². The van der Waals surface area contributed by atoms with E-state index in [9.17, 15) is 13.2 Å². The van der Waals surface area contributed by atoms with Gasteiger partial charge in [-0.25, -0.2) is 0 Å². The summed E-state index contributed by atoms with van der Waals surface area (Å²) in [5.41, 5.74) is 5.75. The maximum atomic E-state index is 12.6. The van der Waals surface area contributed by atoms with E-state index in [0.717, 1.165) is 12.1 Å². The minimum Gasteiger partial charge on any atom is -0.486 e. The number of hydrogen-bond donors (Lipinski definition) is 1. The van der Waals surface area contributed by atoms with Crippen LogP contribution in [0.5, 0.6) is 5.75 Å². The first kappa shape index (κ1) is 16.0. The lowest BCUT2D eigenvalue weighted by Crippen LogP contribution is -2.06. The van der Waals surface area contributed by atoms with Crippen LogP contribution in [0.15, 0.2) is 40.9 Å². The lowest BCUT2D eigenvalue weighted by molar-refractivity contribution is -0.137. The summed E-state index contributed by atoms with van der Waals surface area (Å²) in [5.74, 6) is 0.344. The van der Waals surface area contributed by atoms with Crippen LogP contribution < -0.4 is 10.5 Å². The summed E-state index contributed by atoms with van der Waals surface area (Å²) < 4.78 is 43.9. The minimum absolute atomic E-state index is 0.0334. The number of anilines is 1. The van der Waals surface area contributed by atoms with Crippen molar-refractivity contribution < 1.29 is 17.9 Å². The number of halogens is 5. The second-order valence-corrected chi connectivity index (χ2v) is 5.58. The smallest absolute Gasteiger partial charge is 0.416 e. The fourth-order valence-corrected chi connectivity index (χ4v) is 2.67. The highest BCUT2D eigenvalue weighted by atomic mass is 79.9.